The summed E-state index contributed by atoms with van der Waals surface area (Å²) in [5, 5.41) is 16.7. The summed E-state index contributed by atoms with van der Waals surface area (Å²) in [7, 11) is 0. The third-order valence-corrected chi connectivity index (χ3v) is 6.01. The van der Waals surface area contributed by atoms with E-state index in [1.54, 1.807) is 29.1 Å². The van der Waals surface area contributed by atoms with Gasteiger partial charge >= 0.3 is 6.18 Å². The molecule has 38 heavy (non-hydrogen) atoms. The summed E-state index contributed by atoms with van der Waals surface area (Å²) in [6, 6.07) is 7.37. The summed E-state index contributed by atoms with van der Waals surface area (Å²) in [4.78, 5) is 45.1. The summed E-state index contributed by atoms with van der Waals surface area (Å²) in [6.45, 7) is 3.34. The number of carbonyl (C=O) groups is 1. The van der Waals surface area contributed by atoms with Crippen LogP contribution in [0.3, 0.4) is 0 Å². The summed E-state index contributed by atoms with van der Waals surface area (Å²) < 4.78 is 41.2. The molecule has 1 aliphatic rings. The molecule has 11 nitrogen and oxygen atoms in total. The SMILES string of the molecule is C[C@@H](Cn1cc(C(=O)N2CCN(c3ccc(C#N)cn3)CC2)ccc1=O)Nc1cn[nH]c(=O)c1C(F)(F)F. The number of rotatable bonds is 6. The Bertz CT molecular complexity index is 1470. The van der Waals surface area contributed by atoms with E-state index >= 15 is 0 Å². The molecule has 0 radical (unpaired) electrons. The van der Waals surface area contributed by atoms with Crippen LogP contribution in [0.2, 0.25) is 0 Å². The van der Waals surface area contributed by atoms with Crippen LogP contribution < -0.4 is 21.3 Å². The van der Waals surface area contributed by atoms with Gasteiger partial charge < -0.3 is 19.7 Å². The van der Waals surface area contributed by atoms with E-state index in [0.717, 1.165) is 6.20 Å². The van der Waals surface area contributed by atoms with Gasteiger partial charge in [-0.25, -0.2) is 10.1 Å². The zero-order valence-corrected chi connectivity index (χ0v) is 20.2. The van der Waals surface area contributed by atoms with Crippen molar-refractivity contribution < 1.29 is 18.0 Å². The Balaban J connectivity index is 1.42. The zero-order chi connectivity index (χ0) is 27.4. The molecule has 1 saturated heterocycles. The average molecular weight is 528 g/mol. The standard InChI is InChI=1S/C24H23F3N8O3/c1-15(31-18-12-30-32-22(37)21(18)24(25,26)27)13-35-14-17(3-5-20(35)36)23(38)34-8-6-33(7-9-34)19-4-2-16(10-28)11-29-19/h2-5,11-12,14-15H,6-9,13H2,1H3,(H2,31,32,37)/t15-/m0/s1. The van der Waals surface area contributed by atoms with Crippen LogP contribution in [-0.2, 0) is 12.7 Å². The maximum atomic E-state index is 13.3. The number of nitriles is 1. The number of amides is 1. The van der Waals surface area contributed by atoms with Crippen molar-refractivity contribution in [3.63, 3.8) is 0 Å². The number of hydrogen-bond acceptors (Lipinski definition) is 8. The van der Waals surface area contributed by atoms with E-state index in [1.165, 1.54) is 29.1 Å². The van der Waals surface area contributed by atoms with Crippen LogP contribution in [0.1, 0.15) is 28.4 Å². The largest absolute Gasteiger partial charge is 0.423 e. The highest BCUT2D eigenvalue weighted by atomic mass is 19.4. The van der Waals surface area contributed by atoms with Gasteiger partial charge in [0.25, 0.3) is 17.0 Å². The molecule has 4 heterocycles. The molecule has 0 spiro atoms. The van der Waals surface area contributed by atoms with Crippen LogP contribution >= 0.6 is 0 Å². The van der Waals surface area contributed by atoms with E-state index in [-0.39, 0.29) is 18.0 Å². The highest BCUT2D eigenvalue weighted by molar-refractivity contribution is 5.94. The molecule has 1 atom stereocenters. The minimum absolute atomic E-state index is 0.0673. The minimum Gasteiger partial charge on any atom is -0.379 e. The fourth-order valence-electron chi connectivity index (χ4n) is 4.16. The molecule has 2 N–H and O–H groups in total. The fourth-order valence-corrected chi connectivity index (χ4v) is 4.16. The Labute approximate surface area is 214 Å². The van der Waals surface area contributed by atoms with E-state index in [0.29, 0.717) is 37.6 Å². The summed E-state index contributed by atoms with van der Waals surface area (Å²) in [6.07, 6.45) is -1.18. The molecule has 0 aromatic carbocycles. The predicted octanol–water partition coefficient (Wildman–Crippen LogP) is 1.68. The number of anilines is 2. The van der Waals surface area contributed by atoms with Gasteiger partial charge in [0.15, 0.2) is 0 Å². The molecule has 1 fully saturated rings. The summed E-state index contributed by atoms with van der Waals surface area (Å²) in [5.41, 5.74) is -3.02. The molecule has 1 amide bonds. The lowest BCUT2D eigenvalue weighted by Gasteiger charge is -2.35. The van der Waals surface area contributed by atoms with Crippen molar-refractivity contribution in [3.05, 3.63) is 80.3 Å². The maximum absolute atomic E-state index is 13.3. The number of aromatic amines is 1. The molecular formula is C24H23F3N8O3. The Morgan fingerprint density at radius 2 is 1.89 bits per heavy atom. The van der Waals surface area contributed by atoms with E-state index in [4.69, 9.17) is 5.26 Å². The number of H-pyrrole nitrogens is 1. The first-order valence-corrected chi connectivity index (χ1v) is 11.6. The molecule has 1 aliphatic heterocycles. The van der Waals surface area contributed by atoms with Gasteiger partial charge in [0, 0.05) is 57.2 Å². The second kappa shape index (κ2) is 10.8. The minimum atomic E-state index is -4.90. The average Bonchev–Trinajstić information content (AvgIpc) is 2.89. The Morgan fingerprint density at radius 3 is 2.53 bits per heavy atom. The van der Waals surface area contributed by atoms with Gasteiger partial charge in [0.2, 0.25) is 0 Å². The van der Waals surface area contributed by atoms with Gasteiger partial charge in [0.1, 0.15) is 17.5 Å². The number of pyridine rings is 2. The molecule has 0 unspecified atom stereocenters. The van der Waals surface area contributed by atoms with Crippen LogP contribution in [0.4, 0.5) is 24.7 Å². The van der Waals surface area contributed by atoms with Gasteiger partial charge in [-0.15, -0.1) is 0 Å². The number of carbonyl (C=O) groups excluding carboxylic acids is 1. The van der Waals surface area contributed by atoms with E-state index in [1.807, 2.05) is 11.0 Å². The van der Waals surface area contributed by atoms with Crippen molar-refractivity contribution in [1.29, 1.82) is 5.26 Å². The highest BCUT2D eigenvalue weighted by Crippen LogP contribution is 2.31. The smallest absolute Gasteiger partial charge is 0.379 e. The molecule has 0 bridgehead atoms. The maximum Gasteiger partial charge on any atom is 0.423 e. The fraction of sp³-hybridized carbons (Fsp3) is 0.333. The van der Waals surface area contributed by atoms with Crippen molar-refractivity contribution in [3.8, 4) is 6.07 Å². The second-order valence-electron chi connectivity index (χ2n) is 8.74. The first kappa shape index (κ1) is 26.4. The van der Waals surface area contributed by atoms with Crippen LogP contribution in [0.15, 0.2) is 52.4 Å². The van der Waals surface area contributed by atoms with Crippen LogP contribution in [0.25, 0.3) is 0 Å². The first-order valence-electron chi connectivity index (χ1n) is 11.6. The topological polar surface area (TPSA) is 140 Å². The molecule has 0 saturated carbocycles. The van der Waals surface area contributed by atoms with E-state index in [2.05, 4.69) is 15.4 Å². The van der Waals surface area contributed by atoms with Gasteiger partial charge in [0.05, 0.1) is 23.0 Å². The van der Waals surface area contributed by atoms with Gasteiger partial charge in [-0.1, -0.05) is 0 Å². The third-order valence-electron chi connectivity index (χ3n) is 6.01. The van der Waals surface area contributed by atoms with Crippen LogP contribution in [0, 0.1) is 11.3 Å². The number of aromatic nitrogens is 4. The van der Waals surface area contributed by atoms with E-state index in [9.17, 15) is 27.6 Å². The highest BCUT2D eigenvalue weighted by Gasteiger charge is 2.37. The lowest BCUT2D eigenvalue weighted by molar-refractivity contribution is -0.138. The Hall–Kier alpha value is -4.67. The molecular weight excluding hydrogens is 505 g/mol. The molecule has 198 valence electrons. The molecule has 0 aliphatic carbocycles. The Morgan fingerprint density at radius 1 is 1.16 bits per heavy atom. The molecule has 3 aromatic rings. The summed E-state index contributed by atoms with van der Waals surface area (Å²) >= 11 is 0. The normalized spacial score (nSPS) is 14.6. The van der Waals surface area contributed by atoms with Crippen molar-refractivity contribution in [1.82, 2.24) is 24.6 Å². The van der Waals surface area contributed by atoms with Gasteiger partial charge in [-0.3, -0.25) is 14.4 Å². The van der Waals surface area contributed by atoms with E-state index < -0.39 is 34.6 Å². The van der Waals surface area contributed by atoms with Gasteiger partial charge in [-0.2, -0.15) is 23.5 Å². The quantitative estimate of drug-likeness (QED) is 0.493. The van der Waals surface area contributed by atoms with Crippen LogP contribution in [-0.4, -0.2) is 62.8 Å². The predicted molar refractivity (Wildman–Crippen MR) is 131 cm³/mol. The molecule has 3 aromatic heterocycles. The molecule has 14 heteroatoms. The van der Waals surface area contributed by atoms with Crippen LogP contribution in [0.5, 0.6) is 0 Å². The zero-order valence-electron chi connectivity index (χ0n) is 20.2. The summed E-state index contributed by atoms with van der Waals surface area (Å²) in [5.74, 6) is 0.417. The first-order chi connectivity index (χ1) is 18.1. The number of hydrogen-bond donors (Lipinski definition) is 2. The number of nitrogens with one attached hydrogen (secondary N) is 2. The Kier molecular flexibility index (Phi) is 7.47. The second-order valence-corrected chi connectivity index (χ2v) is 8.74. The van der Waals surface area contributed by atoms with Crippen molar-refractivity contribution in [2.45, 2.75) is 25.7 Å². The number of nitrogens with zero attached hydrogens (tertiary/aromatic N) is 6. The lowest BCUT2D eigenvalue weighted by Crippen LogP contribution is -2.49. The molecule has 4 rings (SSSR count). The number of alkyl halides is 3. The van der Waals surface area contributed by atoms with Crippen molar-refractivity contribution >= 4 is 17.4 Å². The number of piperazine rings is 1. The van der Waals surface area contributed by atoms with Crippen molar-refractivity contribution in [2.24, 2.45) is 0 Å². The van der Waals surface area contributed by atoms with Crippen molar-refractivity contribution in [2.75, 3.05) is 36.4 Å². The third kappa shape index (κ3) is 5.83. The monoisotopic (exact) mass is 528 g/mol. The number of halogens is 3. The van der Waals surface area contributed by atoms with Gasteiger partial charge in [-0.05, 0) is 25.1 Å². The lowest BCUT2D eigenvalue weighted by atomic mass is 10.2.